The molecule has 0 aliphatic rings. The molecule has 0 bridgehead atoms. The van der Waals surface area contributed by atoms with E-state index in [4.69, 9.17) is 5.73 Å². The van der Waals surface area contributed by atoms with Gasteiger partial charge in [-0.3, -0.25) is 4.98 Å². The Kier molecular flexibility index (Phi) is 3.55. The largest absolute Gasteiger partial charge is 0.398 e. The maximum atomic E-state index is 6.03. The Balaban J connectivity index is 1.99. The molecule has 4 heteroatoms. The quantitative estimate of drug-likeness (QED) is 0.691. The van der Waals surface area contributed by atoms with Crippen molar-refractivity contribution in [2.45, 2.75) is 26.8 Å². The number of hydrogen-bond donors (Lipinski definition) is 2. The number of benzene rings is 1. The van der Waals surface area contributed by atoms with Crippen molar-refractivity contribution in [3.63, 3.8) is 0 Å². The van der Waals surface area contributed by atoms with Crippen LogP contribution in [0.5, 0.6) is 0 Å². The highest BCUT2D eigenvalue weighted by Gasteiger charge is 2.13. The van der Waals surface area contributed by atoms with E-state index in [1.54, 1.807) is 6.20 Å². The normalized spacial score (nSPS) is 12.5. The number of hydrogen-bond acceptors (Lipinski definition) is 4. The van der Waals surface area contributed by atoms with Crippen LogP contribution in [0.15, 0.2) is 36.5 Å². The highest BCUT2D eigenvalue weighted by Crippen LogP contribution is 2.32. The molecule has 0 saturated heterocycles. The van der Waals surface area contributed by atoms with Gasteiger partial charge in [0, 0.05) is 33.1 Å². The number of nitrogens with zero attached hydrogens (tertiary/aromatic N) is 1. The van der Waals surface area contributed by atoms with E-state index in [-0.39, 0.29) is 6.04 Å². The number of nitrogens with one attached hydrogen (secondary N) is 1. The molecule has 108 valence electrons. The molecule has 3 aromatic rings. The lowest BCUT2D eigenvalue weighted by Gasteiger charge is -2.17. The number of anilines is 2. The molecule has 0 saturated carbocycles. The monoisotopic (exact) mass is 297 g/mol. The van der Waals surface area contributed by atoms with Crippen LogP contribution in [0, 0.1) is 13.8 Å². The molecular formula is C17H19N3S. The van der Waals surface area contributed by atoms with E-state index in [9.17, 15) is 0 Å². The first kappa shape index (κ1) is 13.9. The smallest absolute Gasteiger partial charge is 0.0954 e. The number of nitrogens with two attached hydrogens (primary N) is 1. The van der Waals surface area contributed by atoms with Crippen molar-refractivity contribution in [2.24, 2.45) is 0 Å². The van der Waals surface area contributed by atoms with Crippen LogP contribution >= 0.6 is 11.3 Å². The summed E-state index contributed by atoms with van der Waals surface area (Å²) in [6, 6.07) is 10.4. The van der Waals surface area contributed by atoms with Crippen LogP contribution < -0.4 is 11.1 Å². The fraction of sp³-hybridized carbons (Fsp3) is 0.235. The van der Waals surface area contributed by atoms with Crippen molar-refractivity contribution in [1.82, 2.24) is 4.98 Å². The van der Waals surface area contributed by atoms with Crippen molar-refractivity contribution >= 4 is 33.6 Å². The Bertz CT molecular complexity index is 792. The summed E-state index contributed by atoms with van der Waals surface area (Å²) < 4.78 is 0. The van der Waals surface area contributed by atoms with E-state index < -0.39 is 0 Å². The van der Waals surface area contributed by atoms with Crippen LogP contribution in [0.4, 0.5) is 11.4 Å². The number of aromatic nitrogens is 1. The van der Waals surface area contributed by atoms with Crippen molar-refractivity contribution < 1.29 is 0 Å². The van der Waals surface area contributed by atoms with Crippen LogP contribution in [-0.2, 0) is 0 Å². The van der Waals surface area contributed by atoms with Gasteiger partial charge >= 0.3 is 0 Å². The van der Waals surface area contributed by atoms with Gasteiger partial charge in [0.15, 0.2) is 0 Å². The van der Waals surface area contributed by atoms with Gasteiger partial charge in [0.05, 0.1) is 11.2 Å². The van der Waals surface area contributed by atoms with E-state index in [1.165, 1.54) is 15.3 Å². The third-order valence-electron chi connectivity index (χ3n) is 3.72. The van der Waals surface area contributed by atoms with Crippen LogP contribution in [0.1, 0.15) is 28.3 Å². The molecule has 1 aromatic carbocycles. The Morgan fingerprint density at radius 3 is 2.76 bits per heavy atom. The van der Waals surface area contributed by atoms with Crippen LogP contribution in [0.25, 0.3) is 10.9 Å². The summed E-state index contributed by atoms with van der Waals surface area (Å²) in [6.45, 7) is 6.50. The zero-order chi connectivity index (χ0) is 15.0. The van der Waals surface area contributed by atoms with Gasteiger partial charge in [-0.05, 0) is 56.7 Å². The summed E-state index contributed by atoms with van der Waals surface area (Å²) in [6.07, 6.45) is 1.80. The molecule has 0 aliphatic heterocycles. The predicted molar refractivity (Wildman–Crippen MR) is 92.0 cm³/mol. The molecule has 0 aliphatic carbocycles. The van der Waals surface area contributed by atoms with E-state index in [0.29, 0.717) is 0 Å². The third kappa shape index (κ3) is 2.59. The van der Waals surface area contributed by atoms with E-state index in [1.807, 2.05) is 35.6 Å². The average molecular weight is 297 g/mol. The number of pyridine rings is 1. The summed E-state index contributed by atoms with van der Waals surface area (Å²) in [5, 5.41) is 4.56. The Morgan fingerprint density at radius 2 is 2.05 bits per heavy atom. The van der Waals surface area contributed by atoms with Crippen molar-refractivity contribution in [3.05, 3.63) is 51.8 Å². The number of thiophene rings is 1. The molecule has 2 aromatic heterocycles. The lowest BCUT2D eigenvalue weighted by molar-refractivity contribution is 0.883. The molecule has 3 nitrogen and oxygen atoms in total. The lowest BCUT2D eigenvalue weighted by atomic mass is 10.1. The molecule has 0 fully saturated rings. The molecule has 2 heterocycles. The van der Waals surface area contributed by atoms with E-state index in [2.05, 4.69) is 37.1 Å². The van der Waals surface area contributed by atoms with Crippen LogP contribution in [0.2, 0.25) is 0 Å². The maximum absolute atomic E-state index is 6.03. The van der Waals surface area contributed by atoms with Gasteiger partial charge in [0.25, 0.3) is 0 Å². The molecule has 1 atom stereocenters. The molecule has 0 radical (unpaired) electrons. The molecular weight excluding hydrogens is 278 g/mol. The molecule has 3 N–H and O–H groups in total. The van der Waals surface area contributed by atoms with E-state index >= 15 is 0 Å². The van der Waals surface area contributed by atoms with Gasteiger partial charge in [-0.1, -0.05) is 0 Å². The number of nitrogen functional groups attached to an aromatic ring is 1. The SMILES string of the molecule is Cc1cc(C(C)Nc2ccc(N)c3cccnc23)c(C)s1. The second-order valence-electron chi connectivity index (χ2n) is 5.34. The summed E-state index contributed by atoms with van der Waals surface area (Å²) in [5.41, 5.74) is 10.1. The summed E-state index contributed by atoms with van der Waals surface area (Å²) in [4.78, 5) is 7.18. The highest BCUT2D eigenvalue weighted by atomic mass is 32.1. The van der Waals surface area contributed by atoms with E-state index in [0.717, 1.165) is 22.3 Å². The minimum atomic E-state index is 0.240. The Labute approximate surface area is 128 Å². The summed E-state index contributed by atoms with van der Waals surface area (Å²) in [5.74, 6) is 0. The van der Waals surface area contributed by atoms with Gasteiger partial charge < -0.3 is 11.1 Å². The van der Waals surface area contributed by atoms with Crippen molar-refractivity contribution in [3.8, 4) is 0 Å². The zero-order valence-electron chi connectivity index (χ0n) is 12.5. The molecule has 1 unspecified atom stereocenters. The van der Waals surface area contributed by atoms with Gasteiger partial charge in [-0.15, -0.1) is 11.3 Å². The second-order valence-corrected chi connectivity index (χ2v) is 6.80. The first-order valence-corrected chi connectivity index (χ1v) is 7.84. The topological polar surface area (TPSA) is 50.9 Å². The Hall–Kier alpha value is -2.07. The highest BCUT2D eigenvalue weighted by molar-refractivity contribution is 7.12. The zero-order valence-corrected chi connectivity index (χ0v) is 13.3. The minimum Gasteiger partial charge on any atom is -0.398 e. The van der Waals surface area contributed by atoms with Crippen molar-refractivity contribution in [1.29, 1.82) is 0 Å². The molecule has 0 amide bonds. The molecule has 3 rings (SSSR count). The maximum Gasteiger partial charge on any atom is 0.0954 e. The molecule has 21 heavy (non-hydrogen) atoms. The first-order valence-electron chi connectivity index (χ1n) is 7.03. The summed E-state index contributed by atoms with van der Waals surface area (Å²) in [7, 11) is 0. The lowest BCUT2D eigenvalue weighted by Crippen LogP contribution is -2.07. The van der Waals surface area contributed by atoms with Crippen LogP contribution in [0.3, 0.4) is 0 Å². The number of rotatable bonds is 3. The predicted octanol–water partition coefficient (Wildman–Crippen LogP) is 4.67. The minimum absolute atomic E-state index is 0.240. The van der Waals surface area contributed by atoms with Gasteiger partial charge in [-0.2, -0.15) is 0 Å². The average Bonchev–Trinajstić information content (AvgIpc) is 2.81. The molecule has 0 spiro atoms. The van der Waals surface area contributed by atoms with Gasteiger partial charge in [-0.25, -0.2) is 0 Å². The summed E-state index contributed by atoms with van der Waals surface area (Å²) >= 11 is 1.84. The Morgan fingerprint density at radius 1 is 1.24 bits per heavy atom. The number of fused-ring (bicyclic) bond motifs is 1. The first-order chi connectivity index (χ1) is 10.1. The van der Waals surface area contributed by atoms with Crippen molar-refractivity contribution in [2.75, 3.05) is 11.1 Å². The number of aryl methyl sites for hydroxylation is 2. The standard InChI is InChI=1S/C17H19N3S/c1-10-9-14(12(3)21-10)11(2)20-16-7-6-15(18)13-5-4-8-19-17(13)16/h4-9,11,20H,18H2,1-3H3. The fourth-order valence-electron chi connectivity index (χ4n) is 2.70. The third-order valence-corrected chi connectivity index (χ3v) is 4.70. The van der Waals surface area contributed by atoms with Gasteiger partial charge in [0.2, 0.25) is 0 Å². The van der Waals surface area contributed by atoms with Gasteiger partial charge in [0.1, 0.15) is 0 Å². The fourth-order valence-corrected chi connectivity index (χ4v) is 3.72. The second kappa shape index (κ2) is 5.37. The van der Waals surface area contributed by atoms with Crippen LogP contribution in [-0.4, -0.2) is 4.98 Å².